The van der Waals surface area contributed by atoms with Gasteiger partial charge in [0.1, 0.15) is 11.8 Å². The molecule has 0 aromatic rings. The molecule has 0 fully saturated rings. The van der Waals surface area contributed by atoms with Crippen LogP contribution in [-0.2, 0) is 0 Å². The van der Waals surface area contributed by atoms with Crippen molar-refractivity contribution in [2.75, 3.05) is 0 Å². The molecule has 0 saturated heterocycles. The molecular weight excluding hydrogens is 136 g/mol. The highest BCUT2D eigenvalue weighted by atomic mass is 14.4. The number of hydrogen-bond donors (Lipinski definition) is 1. The van der Waals surface area contributed by atoms with E-state index in [4.69, 9.17) is 10.7 Å². The maximum Gasteiger partial charge on any atom is 0.134 e. The van der Waals surface area contributed by atoms with Crippen LogP contribution in [0.25, 0.3) is 0 Å². The smallest absolute Gasteiger partial charge is 0.134 e. The van der Waals surface area contributed by atoms with Crippen LogP contribution in [0, 0.1) is 22.7 Å². The topological polar surface area (TPSA) is 47.6 Å². The summed E-state index contributed by atoms with van der Waals surface area (Å²) < 4.78 is 0. The standard InChI is InChI=1S/C7H10N2.C2H4/c1-5(2)6(3)7(9)4-8;1-2/h5,9H,3H2,1-2H3;1-2H2. The molecule has 11 heavy (non-hydrogen) atoms. The van der Waals surface area contributed by atoms with Crippen molar-refractivity contribution < 1.29 is 0 Å². The molecule has 0 unspecified atom stereocenters. The molecule has 0 radical (unpaired) electrons. The Morgan fingerprint density at radius 1 is 1.45 bits per heavy atom. The third-order valence-electron chi connectivity index (χ3n) is 1.13. The van der Waals surface area contributed by atoms with E-state index in [1.807, 2.05) is 13.8 Å². The van der Waals surface area contributed by atoms with Gasteiger partial charge in [-0.05, 0) is 11.5 Å². The Bertz CT molecular complexity index is 184. The summed E-state index contributed by atoms with van der Waals surface area (Å²) in [5, 5.41) is 15.2. The summed E-state index contributed by atoms with van der Waals surface area (Å²) in [6.45, 7) is 13.4. The summed E-state index contributed by atoms with van der Waals surface area (Å²) in [4.78, 5) is 0. The molecule has 0 amide bonds. The van der Waals surface area contributed by atoms with Crippen LogP contribution in [0.2, 0.25) is 0 Å². The van der Waals surface area contributed by atoms with Gasteiger partial charge in [0.2, 0.25) is 0 Å². The molecule has 0 rings (SSSR count). The lowest BCUT2D eigenvalue weighted by molar-refractivity contribution is 0.806. The second-order valence-corrected chi connectivity index (χ2v) is 2.17. The van der Waals surface area contributed by atoms with Crippen LogP contribution in [0.4, 0.5) is 0 Å². The van der Waals surface area contributed by atoms with E-state index in [1.165, 1.54) is 0 Å². The van der Waals surface area contributed by atoms with Gasteiger partial charge in [-0.1, -0.05) is 20.4 Å². The molecule has 0 aliphatic heterocycles. The predicted molar refractivity (Wildman–Crippen MR) is 48.6 cm³/mol. The summed E-state index contributed by atoms with van der Waals surface area (Å²) in [7, 11) is 0. The van der Waals surface area contributed by atoms with Gasteiger partial charge in [-0.3, -0.25) is 5.41 Å². The quantitative estimate of drug-likeness (QED) is 0.477. The third kappa shape index (κ3) is 5.10. The van der Waals surface area contributed by atoms with Gasteiger partial charge in [0, 0.05) is 0 Å². The van der Waals surface area contributed by atoms with Crippen molar-refractivity contribution in [1.82, 2.24) is 0 Å². The molecule has 0 aliphatic rings. The van der Waals surface area contributed by atoms with Crippen molar-refractivity contribution in [3.63, 3.8) is 0 Å². The Hall–Kier alpha value is -1.36. The van der Waals surface area contributed by atoms with Gasteiger partial charge < -0.3 is 0 Å². The Balaban J connectivity index is 0. The summed E-state index contributed by atoms with van der Waals surface area (Å²) in [5.74, 6) is 0.206. The van der Waals surface area contributed by atoms with Gasteiger partial charge in [0.15, 0.2) is 0 Å². The van der Waals surface area contributed by atoms with E-state index in [1.54, 1.807) is 6.07 Å². The molecule has 0 aliphatic carbocycles. The fourth-order valence-corrected chi connectivity index (χ4v) is 0.360. The number of allylic oxidation sites excluding steroid dienone is 1. The van der Waals surface area contributed by atoms with E-state index >= 15 is 0 Å². The molecule has 0 heterocycles. The number of hydrogen-bond acceptors (Lipinski definition) is 2. The fraction of sp³-hybridized carbons (Fsp3) is 0.333. The first-order valence-electron chi connectivity index (χ1n) is 3.27. The van der Waals surface area contributed by atoms with Gasteiger partial charge in [0.25, 0.3) is 0 Å². The molecule has 1 N–H and O–H groups in total. The summed E-state index contributed by atoms with van der Waals surface area (Å²) in [6, 6.07) is 1.73. The minimum Gasteiger partial charge on any atom is -0.290 e. The lowest BCUT2D eigenvalue weighted by Crippen LogP contribution is -2.02. The van der Waals surface area contributed by atoms with Gasteiger partial charge in [-0.25, -0.2) is 0 Å². The average molecular weight is 150 g/mol. The molecule has 60 valence electrons. The van der Waals surface area contributed by atoms with Crippen LogP contribution >= 0.6 is 0 Å². The van der Waals surface area contributed by atoms with E-state index < -0.39 is 0 Å². The van der Waals surface area contributed by atoms with Crippen molar-refractivity contribution in [3.05, 3.63) is 25.3 Å². The van der Waals surface area contributed by atoms with E-state index in [0.717, 1.165) is 0 Å². The van der Waals surface area contributed by atoms with Crippen molar-refractivity contribution in [2.45, 2.75) is 13.8 Å². The van der Waals surface area contributed by atoms with Gasteiger partial charge in [-0.15, -0.1) is 13.2 Å². The van der Waals surface area contributed by atoms with Crippen LogP contribution in [0.5, 0.6) is 0 Å². The zero-order chi connectivity index (χ0) is 9.44. The lowest BCUT2D eigenvalue weighted by Gasteiger charge is -2.02. The highest BCUT2D eigenvalue weighted by Crippen LogP contribution is 2.06. The normalized spacial score (nSPS) is 7.45. The van der Waals surface area contributed by atoms with E-state index in [2.05, 4.69) is 19.7 Å². The molecule has 2 nitrogen and oxygen atoms in total. The number of nitriles is 1. The Morgan fingerprint density at radius 2 is 1.82 bits per heavy atom. The Kier molecular flexibility index (Phi) is 7.57. The monoisotopic (exact) mass is 150 g/mol. The number of nitrogens with one attached hydrogen (secondary N) is 1. The van der Waals surface area contributed by atoms with E-state index in [-0.39, 0.29) is 11.6 Å². The molecule has 0 saturated carbocycles. The zero-order valence-corrected chi connectivity index (χ0v) is 7.15. The average Bonchev–Trinajstić information content (AvgIpc) is 2.05. The third-order valence-corrected chi connectivity index (χ3v) is 1.13. The van der Waals surface area contributed by atoms with E-state index in [0.29, 0.717) is 5.57 Å². The maximum absolute atomic E-state index is 8.22. The minimum atomic E-state index is -0.00926. The number of nitrogens with zero attached hydrogens (tertiary/aromatic N) is 1. The SMILES string of the molecule is C=C.C=C(C(=N)C#N)C(C)C. The van der Waals surface area contributed by atoms with Gasteiger partial charge >= 0.3 is 0 Å². The summed E-state index contributed by atoms with van der Waals surface area (Å²) in [6.07, 6.45) is 0. The van der Waals surface area contributed by atoms with Crippen LogP contribution in [0.1, 0.15) is 13.8 Å². The first kappa shape index (κ1) is 12.3. The summed E-state index contributed by atoms with van der Waals surface area (Å²) >= 11 is 0. The second kappa shape index (κ2) is 6.76. The highest BCUT2D eigenvalue weighted by molar-refractivity contribution is 6.08. The molecule has 2 heteroatoms. The first-order valence-corrected chi connectivity index (χ1v) is 3.27. The van der Waals surface area contributed by atoms with Crippen LogP contribution < -0.4 is 0 Å². The molecular formula is C9H14N2. The van der Waals surface area contributed by atoms with Crippen molar-refractivity contribution >= 4 is 5.71 Å². The first-order chi connectivity index (χ1) is 5.09. The van der Waals surface area contributed by atoms with Crippen LogP contribution in [-0.4, -0.2) is 5.71 Å². The zero-order valence-electron chi connectivity index (χ0n) is 7.15. The highest BCUT2D eigenvalue weighted by Gasteiger charge is 2.03. The van der Waals surface area contributed by atoms with Crippen LogP contribution in [0.3, 0.4) is 0 Å². The molecule has 0 atom stereocenters. The molecule has 0 bridgehead atoms. The van der Waals surface area contributed by atoms with Crippen molar-refractivity contribution in [3.8, 4) is 6.07 Å². The van der Waals surface area contributed by atoms with Crippen molar-refractivity contribution in [1.29, 1.82) is 10.7 Å². The van der Waals surface area contributed by atoms with Crippen LogP contribution in [0.15, 0.2) is 25.3 Å². The molecule has 0 aromatic heterocycles. The maximum atomic E-state index is 8.22. The van der Waals surface area contributed by atoms with Gasteiger partial charge in [0.05, 0.1) is 0 Å². The second-order valence-electron chi connectivity index (χ2n) is 2.17. The van der Waals surface area contributed by atoms with Crippen molar-refractivity contribution in [2.24, 2.45) is 5.92 Å². The minimum absolute atomic E-state index is 0.00926. The molecule has 0 spiro atoms. The van der Waals surface area contributed by atoms with E-state index in [9.17, 15) is 0 Å². The lowest BCUT2D eigenvalue weighted by atomic mass is 10.0. The largest absolute Gasteiger partial charge is 0.290 e. The Morgan fingerprint density at radius 3 is 1.91 bits per heavy atom. The van der Waals surface area contributed by atoms with Gasteiger partial charge in [-0.2, -0.15) is 5.26 Å². The molecule has 0 aromatic carbocycles. The fourth-order valence-electron chi connectivity index (χ4n) is 0.360. The summed E-state index contributed by atoms with van der Waals surface area (Å²) in [5.41, 5.74) is 0.600. The predicted octanol–water partition coefficient (Wildman–Crippen LogP) is 2.54. The number of rotatable bonds is 2. The Labute approximate surface area is 68.4 Å².